The van der Waals surface area contributed by atoms with Gasteiger partial charge in [0.1, 0.15) is 0 Å². The molecule has 0 saturated heterocycles. The highest BCUT2D eigenvalue weighted by atomic mass is 15.1. The molecular formula is C18H19N3. The molecule has 0 fully saturated rings. The minimum Gasteiger partial charge on any atom is -0.381 e. The van der Waals surface area contributed by atoms with Gasteiger partial charge in [-0.2, -0.15) is 5.10 Å². The predicted molar refractivity (Wildman–Crippen MR) is 87.3 cm³/mol. The Labute approximate surface area is 125 Å². The number of aromatic nitrogens is 2. The third-order valence-electron chi connectivity index (χ3n) is 3.47. The van der Waals surface area contributed by atoms with Crippen LogP contribution < -0.4 is 5.32 Å². The molecule has 1 aromatic heterocycles. The number of aromatic amines is 1. The van der Waals surface area contributed by atoms with Crippen molar-refractivity contribution in [1.82, 2.24) is 10.2 Å². The van der Waals surface area contributed by atoms with Gasteiger partial charge in [0.25, 0.3) is 0 Å². The number of hydrogen-bond acceptors (Lipinski definition) is 2. The van der Waals surface area contributed by atoms with Gasteiger partial charge in [0.2, 0.25) is 0 Å². The Balaban J connectivity index is 1.68. The van der Waals surface area contributed by atoms with Gasteiger partial charge in [0, 0.05) is 18.4 Å². The second kappa shape index (κ2) is 5.83. The van der Waals surface area contributed by atoms with E-state index in [2.05, 4.69) is 71.8 Å². The summed E-state index contributed by atoms with van der Waals surface area (Å²) in [7, 11) is 0. The van der Waals surface area contributed by atoms with E-state index in [0.717, 1.165) is 23.5 Å². The van der Waals surface area contributed by atoms with Crippen LogP contribution in [-0.4, -0.2) is 10.2 Å². The molecule has 0 amide bonds. The number of nitrogens with one attached hydrogen (secondary N) is 2. The molecule has 3 aromatic rings. The van der Waals surface area contributed by atoms with Gasteiger partial charge < -0.3 is 5.32 Å². The molecule has 0 atom stereocenters. The van der Waals surface area contributed by atoms with Crippen LogP contribution in [0.2, 0.25) is 0 Å². The van der Waals surface area contributed by atoms with Crippen molar-refractivity contribution in [2.24, 2.45) is 0 Å². The maximum atomic E-state index is 3.97. The highest BCUT2D eigenvalue weighted by Crippen LogP contribution is 2.19. The lowest BCUT2D eigenvalue weighted by Crippen LogP contribution is -2.00. The molecule has 3 heteroatoms. The Kier molecular flexibility index (Phi) is 3.73. The van der Waals surface area contributed by atoms with Gasteiger partial charge in [-0.15, -0.1) is 0 Å². The molecule has 0 spiro atoms. The molecule has 21 heavy (non-hydrogen) atoms. The van der Waals surface area contributed by atoms with Gasteiger partial charge in [-0.25, -0.2) is 0 Å². The van der Waals surface area contributed by atoms with E-state index in [1.54, 1.807) is 6.20 Å². The molecule has 0 aliphatic carbocycles. The molecule has 2 N–H and O–H groups in total. The first-order valence-electron chi connectivity index (χ1n) is 7.11. The topological polar surface area (TPSA) is 40.7 Å². The van der Waals surface area contributed by atoms with Crippen molar-refractivity contribution in [2.75, 3.05) is 5.32 Å². The maximum Gasteiger partial charge on any atom is 0.0650 e. The van der Waals surface area contributed by atoms with Gasteiger partial charge in [0.05, 0.1) is 5.69 Å². The van der Waals surface area contributed by atoms with E-state index in [4.69, 9.17) is 0 Å². The van der Waals surface area contributed by atoms with Crippen LogP contribution in [0.1, 0.15) is 16.7 Å². The fourth-order valence-electron chi connectivity index (χ4n) is 2.56. The summed E-state index contributed by atoms with van der Waals surface area (Å²) in [5.41, 5.74) is 7.23. The number of nitrogens with zero attached hydrogens (tertiary/aromatic N) is 1. The van der Waals surface area contributed by atoms with Crippen molar-refractivity contribution in [1.29, 1.82) is 0 Å². The van der Waals surface area contributed by atoms with Crippen LogP contribution in [0.5, 0.6) is 0 Å². The van der Waals surface area contributed by atoms with E-state index in [-0.39, 0.29) is 0 Å². The summed E-state index contributed by atoms with van der Waals surface area (Å²) < 4.78 is 0. The lowest BCUT2D eigenvalue weighted by Gasteiger charge is -2.09. The maximum absolute atomic E-state index is 3.97. The number of hydrogen-bond donors (Lipinski definition) is 2. The quantitative estimate of drug-likeness (QED) is 0.746. The smallest absolute Gasteiger partial charge is 0.0650 e. The van der Waals surface area contributed by atoms with Crippen molar-refractivity contribution >= 4 is 5.69 Å². The summed E-state index contributed by atoms with van der Waals surface area (Å²) in [5, 5.41) is 10.4. The van der Waals surface area contributed by atoms with E-state index in [1.807, 2.05) is 6.07 Å². The van der Waals surface area contributed by atoms with Gasteiger partial charge >= 0.3 is 0 Å². The van der Waals surface area contributed by atoms with Crippen LogP contribution in [-0.2, 0) is 6.54 Å². The number of aryl methyl sites for hydroxylation is 2. The minimum atomic E-state index is 0.839. The Bertz CT molecular complexity index is 692. The second-order valence-corrected chi connectivity index (χ2v) is 5.40. The van der Waals surface area contributed by atoms with Crippen molar-refractivity contribution in [3.8, 4) is 11.3 Å². The summed E-state index contributed by atoms with van der Waals surface area (Å²) >= 11 is 0. The fraction of sp³-hybridized carbons (Fsp3) is 0.167. The van der Waals surface area contributed by atoms with Crippen molar-refractivity contribution in [3.63, 3.8) is 0 Å². The highest BCUT2D eigenvalue weighted by molar-refractivity contribution is 5.62. The Morgan fingerprint density at radius 1 is 0.952 bits per heavy atom. The van der Waals surface area contributed by atoms with Crippen LogP contribution >= 0.6 is 0 Å². The third-order valence-corrected chi connectivity index (χ3v) is 3.47. The van der Waals surface area contributed by atoms with E-state index in [9.17, 15) is 0 Å². The lowest BCUT2D eigenvalue weighted by molar-refractivity contribution is 1.09. The van der Waals surface area contributed by atoms with Crippen LogP contribution in [0, 0.1) is 13.8 Å². The predicted octanol–water partition coefficient (Wildman–Crippen LogP) is 4.31. The Morgan fingerprint density at radius 3 is 2.29 bits per heavy atom. The zero-order chi connectivity index (χ0) is 14.7. The molecule has 3 nitrogen and oxygen atoms in total. The van der Waals surface area contributed by atoms with E-state index in [1.165, 1.54) is 16.7 Å². The van der Waals surface area contributed by atoms with E-state index >= 15 is 0 Å². The molecule has 0 aliphatic rings. The molecule has 0 saturated carbocycles. The number of benzene rings is 2. The highest BCUT2D eigenvalue weighted by Gasteiger charge is 2.00. The standard InChI is InChI=1S/C18H19N3/c1-13-9-14(2)11-15(10-13)12-19-17-5-3-16(4-6-17)18-7-8-20-21-18/h3-11,19H,12H2,1-2H3,(H,20,21). The Morgan fingerprint density at radius 2 is 1.67 bits per heavy atom. The van der Waals surface area contributed by atoms with E-state index in [0.29, 0.717) is 0 Å². The average Bonchev–Trinajstić information content (AvgIpc) is 2.99. The average molecular weight is 277 g/mol. The normalized spacial score (nSPS) is 10.6. The second-order valence-electron chi connectivity index (χ2n) is 5.40. The SMILES string of the molecule is Cc1cc(C)cc(CNc2ccc(-c3ccn[nH]3)cc2)c1. The largest absolute Gasteiger partial charge is 0.381 e. The summed E-state index contributed by atoms with van der Waals surface area (Å²) in [5.74, 6) is 0. The molecule has 0 bridgehead atoms. The molecule has 0 unspecified atom stereocenters. The number of rotatable bonds is 4. The first-order chi connectivity index (χ1) is 10.2. The van der Waals surface area contributed by atoms with Gasteiger partial charge in [0.15, 0.2) is 0 Å². The minimum absolute atomic E-state index is 0.839. The summed E-state index contributed by atoms with van der Waals surface area (Å²) in [6.07, 6.45) is 1.77. The first-order valence-corrected chi connectivity index (χ1v) is 7.11. The summed E-state index contributed by atoms with van der Waals surface area (Å²) in [4.78, 5) is 0. The number of anilines is 1. The van der Waals surface area contributed by atoms with Crippen molar-refractivity contribution in [3.05, 3.63) is 71.4 Å². The van der Waals surface area contributed by atoms with Gasteiger partial charge in [-0.05, 0) is 43.2 Å². The molecule has 3 rings (SSSR count). The molecule has 106 valence electrons. The zero-order valence-corrected chi connectivity index (χ0v) is 12.4. The van der Waals surface area contributed by atoms with Crippen molar-refractivity contribution < 1.29 is 0 Å². The van der Waals surface area contributed by atoms with Crippen LogP contribution in [0.4, 0.5) is 5.69 Å². The van der Waals surface area contributed by atoms with Crippen LogP contribution in [0.3, 0.4) is 0 Å². The molecule has 0 aliphatic heterocycles. The summed E-state index contributed by atoms with van der Waals surface area (Å²) in [6, 6.07) is 17.0. The summed E-state index contributed by atoms with van der Waals surface area (Å²) in [6.45, 7) is 5.11. The third kappa shape index (κ3) is 3.31. The van der Waals surface area contributed by atoms with Crippen molar-refractivity contribution in [2.45, 2.75) is 20.4 Å². The lowest BCUT2D eigenvalue weighted by atomic mass is 10.1. The molecule has 1 heterocycles. The van der Waals surface area contributed by atoms with Gasteiger partial charge in [-0.1, -0.05) is 41.5 Å². The molecular weight excluding hydrogens is 258 g/mol. The van der Waals surface area contributed by atoms with E-state index < -0.39 is 0 Å². The van der Waals surface area contributed by atoms with Crippen LogP contribution in [0.15, 0.2) is 54.7 Å². The van der Waals surface area contributed by atoms with Gasteiger partial charge in [-0.3, -0.25) is 5.10 Å². The zero-order valence-electron chi connectivity index (χ0n) is 12.4. The molecule has 2 aromatic carbocycles. The Hall–Kier alpha value is -2.55. The van der Waals surface area contributed by atoms with Crippen LogP contribution in [0.25, 0.3) is 11.3 Å². The number of H-pyrrole nitrogens is 1. The monoisotopic (exact) mass is 277 g/mol. The first kappa shape index (κ1) is 13.4. The molecule has 0 radical (unpaired) electrons. The fourth-order valence-corrected chi connectivity index (χ4v) is 2.56.